The molecule has 2 N–H and O–H groups in total. The van der Waals surface area contributed by atoms with Crippen molar-refractivity contribution in [3.8, 4) is 17.1 Å². The predicted octanol–water partition coefficient (Wildman–Crippen LogP) is 2.47. The van der Waals surface area contributed by atoms with Gasteiger partial charge in [-0.3, -0.25) is 4.79 Å². The monoisotopic (exact) mass is 364 g/mol. The van der Waals surface area contributed by atoms with Crippen LogP contribution in [0.25, 0.3) is 11.4 Å². The standard InChI is InChI=1S/C20H20N4O3/c1-12-7-8-14(10-17(12)26-2)20-22-18(27-23-20)11-24-15-6-4-3-5-13(15)9-16(24)19(21)25/h3-8,10,16H,9,11H2,1-2H3,(H2,21,25)/t16-/m0/s1. The third-order valence-electron chi connectivity index (χ3n) is 4.86. The fourth-order valence-electron chi connectivity index (χ4n) is 3.44. The van der Waals surface area contributed by atoms with Crippen molar-refractivity contribution in [1.82, 2.24) is 10.1 Å². The number of carbonyl (C=O) groups excluding carboxylic acids is 1. The van der Waals surface area contributed by atoms with Crippen molar-refractivity contribution < 1.29 is 14.1 Å². The first-order chi connectivity index (χ1) is 13.1. The second-order valence-corrected chi connectivity index (χ2v) is 6.58. The molecule has 2 aromatic carbocycles. The van der Waals surface area contributed by atoms with E-state index >= 15 is 0 Å². The van der Waals surface area contributed by atoms with Crippen LogP contribution in [0.1, 0.15) is 17.0 Å². The van der Waals surface area contributed by atoms with Crippen LogP contribution in [0.5, 0.6) is 5.75 Å². The summed E-state index contributed by atoms with van der Waals surface area (Å²) in [5.74, 6) is 1.30. The Balaban J connectivity index is 1.61. The lowest BCUT2D eigenvalue weighted by atomic mass is 10.1. The largest absolute Gasteiger partial charge is 0.496 e. The molecule has 0 unspecified atom stereocenters. The van der Waals surface area contributed by atoms with Gasteiger partial charge in [-0.15, -0.1) is 0 Å². The summed E-state index contributed by atoms with van der Waals surface area (Å²) >= 11 is 0. The van der Waals surface area contributed by atoms with Gasteiger partial charge in [-0.2, -0.15) is 4.98 Å². The van der Waals surface area contributed by atoms with E-state index in [1.807, 2.05) is 54.3 Å². The van der Waals surface area contributed by atoms with Crippen LogP contribution in [-0.2, 0) is 17.8 Å². The van der Waals surface area contributed by atoms with Crippen molar-refractivity contribution in [2.45, 2.75) is 25.9 Å². The lowest BCUT2D eigenvalue weighted by molar-refractivity contribution is -0.119. The van der Waals surface area contributed by atoms with Crippen LogP contribution in [0.15, 0.2) is 47.0 Å². The Hall–Kier alpha value is -3.35. The zero-order valence-corrected chi connectivity index (χ0v) is 15.2. The Morgan fingerprint density at radius 1 is 1.33 bits per heavy atom. The van der Waals surface area contributed by atoms with E-state index in [0.29, 0.717) is 24.7 Å². The summed E-state index contributed by atoms with van der Waals surface area (Å²) in [4.78, 5) is 18.3. The summed E-state index contributed by atoms with van der Waals surface area (Å²) < 4.78 is 10.8. The summed E-state index contributed by atoms with van der Waals surface area (Å²) in [6.45, 7) is 2.29. The lowest BCUT2D eigenvalue weighted by Crippen LogP contribution is -2.42. The smallest absolute Gasteiger partial charge is 0.246 e. The van der Waals surface area contributed by atoms with E-state index in [1.165, 1.54) is 0 Å². The van der Waals surface area contributed by atoms with Gasteiger partial charge in [-0.1, -0.05) is 35.5 Å². The number of nitrogens with two attached hydrogens (primary N) is 1. The average molecular weight is 364 g/mol. The summed E-state index contributed by atoms with van der Waals surface area (Å²) in [6.07, 6.45) is 0.585. The maximum Gasteiger partial charge on any atom is 0.246 e. The van der Waals surface area contributed by atoms with Gasteiger partial charge < -0.3 is 19.9 Å². The topological polar surface area (TPSA) is 94.5 Å². The fraction of sp³-hybridized carbons (Fsp3) is 0.250. The highest BCUT2D eigenvalue weighted by Gasteiger charge is 2.34. The number of fused-ring (bicyclic) bond motifs is 1. The summed E-state index contributed by atoms with van der Waals surface area (Å²) in [5.41, 5.74) is 9.50. The zero-order valence-electron chi connectivity index (χ0n) is 15.2. The molecule has 0 spiro atoms. The highest BCUT2D eigenvalue weighted by atomic mass is 16.5. The first kappa shape index (κ1) is 17.1. The molecule has 0 aliphatic carbocycles. The Morgan fingerprint density at radius 2 is 2.15 bits per heavy atom. The molecule has 1 aliphatic heterocycles. The van der Waals surface area contributed by atoms with E-state index in [4.69, 9.17) is 15.0 Å². The van der Waals surface area contributed by atoms with Crippen molar-refractivity contribution in [2.24, 2.45) is 5.73 Å². The molecule has 0 radical (unpaired) electrons. The third kappa shape index (κ3) is 3.12. The molecule has 27 heavy (non-hydrogen) atoms. The number of primary amides is 1. The van der Waals surface area contributed by atoms with Gasteiger partial charge >= 0.3 is 0 Å². The van der Waals surface area contributed by atoms with Crippen molar-refractivity contribution >= 4 is 11.6 Å². The minimum Gasteiger partial charge on any atom is -0.496 e. The summed E-state index contributed by atoms with van der Waals surface area (Å²) in [5, 5.41) is 4.07. The van der Waals surface area contributed by atoms with Gasteiger partial charge in [0.1, 0.15) is 11.8 Å². The molecule has 0 saturated heterocycles. The summed E-state index contributed by atoms with van der Waals surface area (Å²) in [6, 6.07) is 13.2. The van der Waals surface area contributed by atoms with Gasteiger partial charge in [0.05, 0.1) is 13.7 Å². The molecule has 7 nitrogen and oxygen atoms in total. The van der Waals surface area contributed by atoms with E-state index < -0.39 is 6.04 Å². The number of nitrogens with zero attached hydrogens (tertiary/aromatic N) is 3. The average Bonchev–Trinajstić information content (AvgIpc) is 3.28. The number of para-hydroxylation sites is 1. The number of benzene rings is 2. The number of carbonyl (C=O) groups is 1. The highest BCUT2D eigenvalue weighted by molar-refractivity contribution is 5.86. The van der Waals surface area contributed by atoms with Crippen LogP contribution in [0, 0.1) is 6.92 Å². The molecule has 1 aliphatic rings. The molecule has 1 atom stereocenters. The molecule has 0 fully saturated rings. The molecule has 4 rings (SSSR count). The van der Waals surface area contributed by atoms with E-state index in [1.54, 1.807) is 7.11 Å². The lowest BCUT2D eigenvalue weighted by Gasteiger charge is -2.23. The van der Waals surface area contributed by atoms with Crippen molar-refractivity contribution in [1.29, 1.82) is 0 Å². The number of methoxy groups -OCH3 is 1. The van der Waals surface area contributed by atoms with E-state index in [0.717, 1.165) is 28.1 Å². The SMILES string of the molecule is COc1cc(-c2noc(CN3c4ccccc4C[C@H]3C(N)=O)n2)ccc1C. The molecular weight excluding hydrogens is 344 g/mol. The van der Waals surface area contributed by atoms with Crippen LogP contribution < -0.4 is 15.4 Å². The van der Waals surface area contributed by atoms with Gasteiger partial charge in [0.2, 0.25) is 17.6 Å². The Bertz CT molecular complexity index is 998. The van der Waals surface area contributed by atoms with Gasteiger partial charge in [0, 0.05) is 17.7 Å². The molecule has 2 heterocycles. The van der Waals surface area contributed by atoms with E-state index in [-0.39, 0.29) is 5.91 Å². The highest BCUT2D eigenvalue weighted by Crippen LogP contribution is 2.33. The third-order valence-corrected chi connectivity index (χ3v) is 4.86. The maximum atomic E-state index is 11.9. The molecule has 0 bridgehead atoms. The van der Waals surface area contributed by atoms with Crippen LogP contribution in [-0.4, -0.2) is 29.2 Å². The van der Waals surface area contributed by atoms with Gasteiger partial charge in [-0.05, 0) is 30.2 Å². The number of hydrogen-bond acceptors (Lipinski definition) is 6. The summed E-state index contributed by atoms with van der Waals surface area (Å²) in [7, 11) is 1.63. The minimum atomic E-state index is -0.419. The predicted molar refractivity (Wildman–Crippen MR) is 100 cm³/mol. The first-order valence-electron chi connectivity index (χ1n) is 8.68. The quantitative estimate of drug-likeness (QED) is 0.747. The van der Waals surface area contributed by atoms with Crippen LogP contribution in [0.2, 0.25) is 0 Å². The second kappa shape index (κ2) is 6.75. The number of anilines is 1. The molecule has 7 heteroatoms. The molecular formula is C20H20N4O3. The first-order valence-corrected chi connectivity index (χ1v) is 8.68. The number of aromatic nitrogens is 2. The van der Waals surface area contributed by atoms with Crippen LogP contribution in [0.3, 0.4) is 0 Å². The van der Waals surface area contributed by atoms with Crippen molar-refractivity contribution in [3.05, 3.63) is 59.5 Å². The maximum absolute atomic E-state index is 11.9. The van der Waals surface area contributed by atoms with Crippen molar-refractivity contribution in [3.63, 3.8) is 0 Å². The van der Waals surface area contributed by atoms with Gasteiger partial charge in [-0.25, -0.2) is 0 Å². The van der Waals surface area contributed by atoms with Gasteiger partial charge in [0.25, 0.3) is 0 Å². The molecule has 1 amide bonds. The number of amides is 1. The molecule has 138 valence electrons. The Morgan fingerprint density at radius 3 is 2.93 bits per heavy atom. The fourth-order valence-corrected chi connectivity index (χ4v) is 3.44. The Kier molecular flexibility index (Phi) is 4.27. The molecule has 1 aromatic heterocycles. The van der Waals surface area contributed by atoms with Gasteiger partial charge in [0.15, 0.2) is 0 Å². The number of aryl methyl sites for hydroxylation is 1. The Labute approximate surface area is 156 Å². The van der Waals surface area contributed by atoms with E-state index in [2.05, 4.69) is 10.1 Å². The van der Waals surface area contributed by atoms with Crippen LogP contribution >= 0.6 is 0 Å². The molecule has 0 saturated carbocycles. The van der Waals surface area contributed by atoms with E-state index in [9.17, 15) is 4.79 Å². The number of rotatable bonds is 5. The number of ether oxygens (including phenoxy) is 1. The minimum absolute atomic E-state index is 0.320. The zero-order chi connectivity index (χ0) is 19.0. The molecule has 3 aromatic rings. The second-order valence-electron chi connectivity index (χ2n) is 6.58. The number of hydrogen-bond donors (Lipinski definition) is 1. The van der Waals surface area contributed by atoms with Crippen LogP contribution in [0.4, 0.5) is 5.69 Å². The normalized spacial score (nSPS) is 15.6. The van der Waals surface area contributed by atoms with Crippen molar-refractivity contribution in [2.75, 3.05) is 12.0 Å².